The van der Waals surface area contributed by atoms with Crippen molar-refractivity contribution >= 4 is 11.5 Å². The summed E-state index contributed by atoms with van der Waals surface area (Å²) in [5.41, 5.74) is 3.99. The Morgan fingerprint density at radius 3 is 2.69 bits per heavy atom. The molecule has 10 heteroatoms. The lowest BCUT2D eigenvalue weighted by Crippen LogP contribution is -2.37. The first-order valence-corrected chi connectivity index (χ1v) is 11.6. The highest BCUT2D eigenvalue weighted by Crippen LogP contribution is 2.48. The lowest BCUT2D eigenvalue weighted by atomic mass is 9.93. The van der Waals surface area contributed by atoms with Crippen LogP contribution in [0.1, 0.15) is 23.5 Å². The zero-order valence-electron chi connectivity index (χ0n) is 18.8. The number of anilines is 1. The molecule has 0 amide bonds. The van der Waals surface area contributed by atoms with Gasteiger partial charge in [0.1, 0.15) is 11.9 Å². The molecule has 4 aliphatic rings. The minimum atomic E-state index is -2.92. The largest absolute Gasteiger partial charge is 0.435 e. The van der Waals surface area contributed by atoms with Crippen molar-refractivity contribution in [2.24, 2.45) is 0 Å². The number of alkyl halides is 2. The number of ether oxygens (including phenoxy) is 2. The molecule has 4 heterocycles. The fourth-order valence-electron chi connectivity index (χ4n) is 5.17. The number of nitrogens with zero attached hydrogens (tertiary/aromatic N) is 4. The minimum absolute atomic E-state index is 0.126. The van der Waals surface area contributed by atoms with E-state index in [1.165, 1.54) is 6.07 Å². The summed E-state index contributed by atoms with van der Waals surface area (Å²) in [6.45, 7) is -0.0624. The SMILES string of the molecule is O[C@H]1C[C@@H](c2ccccc2OC(F)F)C2=C1NC1C=CC(c3cnc(N4CCOCC4)nc3)=CN21. The second-order valence-corrected chi connectivity index (χ2v) is 8.83. The molecule has 0 radical (unpaired) electrons. The Balaban J connectivity index is 1.30. The maximum absolute atomic E-state index is 13.0. The van der Waals surface area contributed by atoms with Gasteiger partial charge in [0.15, 0.2) is 0 Å². The van der Waals surface area contributed by atoms with Crippen LogP contribution in [0, 0.1) is 0 Å². The fraction of sp³-hybridized carbons (Fsp3) is 0.360. The molecular weight excluding hydrogens is 456 g/mol. The molecule has 2 N–H and O–H groups in total. The van der Waals surface area contributed by atoms with E-state index in [4.69, 9.17) is 9.47 Å². The van der Waals surface area contributed by atoms with Crippen molar-refractivity contribution in [3.63, 3.8) is 0 Å². The van der Waals surface area contributed by atoms with E-state index in [1.807, 2.05) is 18.4 Å². The van der Waals surface area contributed by atoms with Gasteiger partial charge in [0.05, 0.1) is 25.0 Å². The average Bonchev–Trinajstić information content (AvgIpc) is 3.42. The molecule has 0 saturated carbocycles. The van der Waals surface area contributed by atoms with E-state index in [2.05, 4.69) is 25.1 Å². The number of rotatable bonds is 5. The Kier molecular flexibility index (Phi) is 5.62. The van der Waals surface area contributed by atoms with E-state index in [9.17, 15) is 13.9 Å². The molecule has 3 aliphatic heterocycles. The van der Waals surface area contributed by atoms with Gasteiger partial charge in [0.25, 0.3) is 0 Å². The van der Waals surface area contributed by atoms with Gasteiger partial charge >= 0.3 is 6.61 Å². The summed E-state index contributed by atoms with van der Waals surface area (Å²) in [4.78, 5) is 13.3. The van der Waals surface area contributed by atoms with E-state index >= 15 is 0 Å². The maximum atomic E-state index is 13.0. The topological polar surface area (TPSA) is 83.0 Å². The molecule has 8 nitrogen and oxygen atoms in total. The van der Waals surface area contributed by atoms with Crippen LogP contribution in [0.5, 0.6) is 5.75 Å². The van der Waals surface area contributed by atoms with Crippen LogP contribution < -0.4 is 15.0 Å². The van der Waals surface area contributed by atoms with E-state index in [0.29, 0.717) is 36.8 Å². The molecule has 182 valence electrons. The first kappa shape index (κ1) is 22.0. The van der Waals surface area contributed by atoms with Crippen LogP contribution in [0.4, 0.5) is 14.7 Å². The van der Waals surface area contributed by atoms with Crippen LogP contribution in [0.2, 0.25) is 0 Å². The smallest absolute Gasteiger partial charge is 0.387 e. The maximum Gasteiger partial charge on any atom is 0.387 e. The molecule has 6 rings (SSSR count). The molecule has 1 aliphatic carbocycles. The number of fused-ring (bicyclic) bond motifs is 2. The van der Waals surface area contributed by atoms with Crippen LogP contribution in [-0.2, 0) is 4.74 Å². The van der Waals surface area contributed by atoms with Crippen molar-refractivity contribution in [1.29, 1.82) is 0 Å². The van der Waals surface area contributed by atoms with E-state index < -0.39 is 12.7 Å². The van der Waals surface area contributed by atoms with E-state index in [1.54, 1.807) is 30.6 Å². The number of hydrogen-bond acceptors (Lipinski definition) is 8. The summed E-state index contributed by atoms with van der Waals surface area (Å²) in [6, 6.07) is 6.78. The molecule has 1 aromatic carbocycles. The van der Waals surface area contributed by atoms with Gasteiger partial charge < -0.3 is 29.7 Å². The van der Waals surface area contributed by atoms with Crippen molar-refractivity contribution in [2.45, 2.75) is 31.2 Å². The van der Waals surface area contributed by atoms with Gasteiger partial charge in [-0.2, -0.15) is 8.78 Å². The molecule has 1 saturated heterocycles. The third kappa shape index (κ3) is 4.02. The molecular formula is C25H25F2N5O3. The number of aliphatic hydroxyl groups is 1. The molecule has 35 heavy (non-hydrogen) atoms. The van der Waals surface area contributed by atoms with Gasteiger partial charge in [-0.15, -0.1) is 0 Å². The van der Waals surface area contributed by atoms with Crippen LogP contribution in [-0.4, -0.2) is 65.2 Å². The van der Waals surface area contributed by atoms with Gasteiger partial charge in [-0.1, -0.05) is 24.3 Å². The van der Waals surface area contributed by atoms with Gasteiger partial charge in [-0.25, -0.2) is 9.97 Å². The zero-order valence-corrected chi connectivity index (χ0v) is 18.8. The van der Waals surface area contributed by atoms with Crippen molar-refractivity contribution in [3.05, 3.63) is 77.5 Å². The number of allylic oxidation sites excluding steroid dienone is 3. The summed E-state index contributed by atoms with van der Waals surface area (Å²) in [6.07, 6.45) is 9.11. The number of hydrogen-bond donors (Lipinski definition) is 2. The molecule has 1 aromatic heterocycles. The van der Waals surface area contributed by atoms with Crippen LogP contribution >= 0.6 is 0 Å². The normalized spacial score (nSPS) is 25.5. The summed E-state index contributed by atoms with van der Waals surface area (Å²) >= 11 is 0. The second-order valence-electron chi connectivity index (χ2n) is 8.83. The number of halogens is 2. The third-order valence-electron chi connectivity index (χ3n) is 6.79. The molecule has 3 atom stereocenters. The summed E-state index contributed by atoms with van der Waals surface area (Å²) in [5, 5.41) is 14.1. The highest BCUT2D eigenvalue weighted by molar-refractivity contribution is 5.75. The Bertz CT molecular complexity index is 1190. The summed E-state index contributed by atoms with van der Waals surface area (Å²) in [5.74, 6) is 0.509. The highest BCUT2D eigenvalue weighted by Gasteiger charge is 2.44. The fourth-order valence-corrected chi connectivity index (χ4v) is 5.17. The summed E-state index contributed by atoms with van der Waals surface area (Å²) in [7, 11) is 0. The number of benzene rings is 1. The Morgan fingerprint density at radius 1 is 1.14 bits per heavy atom. The molecule has 0 bridgehead atoms. The Morgan fingerprint density at radius 2 is 1.91 bits per heavy atom. The predicted octanol–water partition coefficient (Wildman–Crippen LogP) is 2.82. The molecule has 1 fully saturated rings. The number of morpholine rings is 1. The minimum Gasteiger partial charge on any atom is -0.435 e. The number of para-hydroxylation sites is 1. The number of nitrogens with one attached hydrogen (secondary N) is 1. The molecule has 0 spiro atoms. The lowest BCUT2D eigenvalue weighted by Gasteiger charge is -2.32. The van der Waals surface area contributed by atoms with Crippen LogP contribution in [0.15, 0.2) is 66.4 Å². The first-order chi connectivity index (χ1) is 17.1. The quantitative estimate of drug-likeness (QED) is 0.675. The lowest BCUT2D eigenvalue weighted by molar-refractivity contribution is -0.0506. The van der Waals surface area contributed by atoms with E-state index in [0.717, 1.165) is 29.9 Å². The highest BCUT2D eigenvalue weighted by atomic mass is 19.3. The monoisotopic (exact) mass is 481 g/mol. The zero-order chi connectivity index (χ0) is 23.9. The van der Waals surface area contributed by atoms with E-state index in [-0.39, 0.29) is 17.8 Å². The van der Waals surface area contributed by atoms with Gasteiger partial charge in [0, 0.05) is 60.0 Å². The first-order valence-electron chi connectivity index (χ1n) is 11.6. The predicted molar refractivity (Wildman–Crippen MR) is 124 cm³/mol. The Labute approximate surface area is 201 Å². The van der Waals surface area contributed by atoms with Crippen molar-refractivity contribution in [2.75, 3.05) is 31.2 Å². The van der Waals surface area contributed by atoms with Crippen molar-refractivity contribution in [1.82, 2.24) is 20.2 Å². The van der Waals surface area contributed by atoms with Crippen LogP contribution in [0.25, 0.3) is 5.57 Å². The molecule has 2 aromatic rings. The number of aliphatic hydroxyl groups excluding tert-OH is 1. The second kappa shape index (κ2) is 8.94. The van der Waals surface area contributed by atoms with Gasteiger partial charge in [0.2, 0.25) is 5.95 Å². The number of aromatic nitrogens is 2. The summed E-state index contributed by atoms with van der Waals surface area (Å²) < 4.78 is 36.3. The standard InChI is InChI=1S/C25H25F2N5O3/c26-24(27)35-20-4-2-1-3-17(20)18-11-19(33)22-23(18)32-14-15(5-6-21(32)30-22)16-12-28-25(29-13-16)31-7-9-34-10-8-31/h1-6,12-14,18-19,21,24,30,33H,7-11H2/t18-,19-,21?/m0/s1. The average molecular weight is 482 g/mol. The van der Waals surface area contributed by atoms with Gasteiger partial charge in [-0.3, -0.25) is 0 Å². The molecule has 1 unspecified atom stereocenters. The van der Waals surface area contributed by atoms with Crippen LogP contribution in [0.3, 0.4) is 0 Å². The van der Waals surface area contributed by atoms with Crippen molar-refractivity contribution in [3.8, 4) is 5.75 Å². The van der Waals surface area contributed by atoms with Gasteiger partial charge in [-0.05, 0) is 18.6 Å². The Hall–Kier alpha value is -3.50. The van der Waals surface area contributed by atoms with Crippen molar-refractivity contribution < 1.29 is 23.4 Å². The third-order valence-corrected chi connectivity index (χ3v) is 6.79.